The molecule has 0 N–H and O–H groups in total. The lowest BCUT2D eigenvalue weighted by Crippen LogP contribution is -2.36. The zero-order valence-corrected chi connectivity index (χ0v) is 24.2. The lowest BCUT2D eigenvalue weighted by molar-refractivity contribution is 0.0601. The van der Waals surface area contributed by atoms with Crippen molar-refractivity contribution in [1.82, 2.24) is 0 Å². The Morgan fingerprint density at radius 3 is 1.63 bits per heavy atom. The molecule has 0 radical (unpaired) electrons. The van der Waals surface area contributed by atoms with Crippen molar-refractivity contribution >= 4 is 23.0 Å². The molecule has 0 unspecified atom stereocenters. The molecule has 0 bridgehead atoms. The molecule has 0 saturated heterocycles. The first-order valence-electron chi connectivity index (χ1n) is 14.2. The zero-order valence-electron chi connectivity index (χ0n) is 24.2. The Morgan fingerprint density at radius 1 is 0.683 bits per heavy atom. The van der Waals surface area contributed by atoms with Gasteiger partial charge in [-0.1, -0.05) is 112 Å². The van der Waals surface area contributed by atoms with Gasteiger partial charge in [0.15, 0.2) is 0 Å². The lowest BCUT2D eigenvalue weighted by atomic mass is 9.64. The van der Waals surface area contributed by atoms with E-state index in [1.165, 1.54) is 40.5 Å². The summed E-state index contributed by atoms with van der Waals surface area (Å²) >= 11 is 0. The van der Waals surface area contributed by atoms with Crippen molar-refractivity contribution in [3.63, 3.8) is 0 Å². The molecule has 0 fully saturated rings. The SMILES string of the molecule is COC(=O)c1cc(C(C)(C)C)cc(C)c1N1c2ccccc2C2(c3ccccc3-c3ccccc32)c2ccccc21. The molecule has 1 aliphatic heterocycles. The van der Waals surface area contributed by atoms with Gasteiger partial charge < -0.3 is 9.64 Å². The van der Waals surface area contributed by atoms with E-state index in [-0.39, 0.29) is 11.4 Å². The van der Waals surface area contributed by atoms with Crippen molar-refractivity contribution in [3.8, 4) is 11.1 Å². The van der Waals surface area contributed by atoms with Crippen LogP contribution in [0.25, 0.3) is 11.1 Å². The Bertz CT molecular complexity index is 1760. The number of anilines is 3. The van der Waals surface area contributed by atoms with Gasteiger partial charge in [-0.25, -0.2) is 4.79 Å². The summed E-state index contributed by atoms with van der Waals surface area (Å²) in [7, 11) is 1.46. The summed E-state index contributed by atoms with van der Waals surface area (Å²) in [5, 5.41) is 0. The first-order valence-corrected chi connectivity index (χ1v) is 14.2. The number of carbonyl (C=O) groups is 1. The van der Waals surface area contributed by atoms with Crippen LogP contribution in [0.5, 0.6) is 0 Å². The number of carbonyl (C=O) groups excluding carboxylic acids is 1. The van der Waals surface area contributed by atoms with Gasteiger partial charge in [-0.2, -0.15) is 0 Å². The molecule has 41 heavy (non-hydrogen) atoms. The molecule has 0 aromatic heterocycles. The maximum Gasteiger partial charge on any atom is 0.340 e. The smallest absolute Gasteiger partial charge is 0.340 e. The number of methoxy groups -OCH3 is 1. The number of rotatable bonds is 2. The highest BCUT2D eigenvalue weighted by molar-refractivity contribution is 6.03. The second kappa shape index (κ2) is 8.94. The molecule has 0 atom stereocenters. The van der Waals surface area contributed by atoms with Crippen LogP contribution in [0.3, 0.4) is 0 Å². The molecule has 0 saturated carbocycles. The third kappa shape index (κ3) is 3.42. The molecule has 5 aromatic rings. The van der Waals surface area contributed by atoms with Crippen LogP contribution in [0, 0.1) is 6.92 Å². The van der Waals surface area contributed by atoms with E-state index >= 15 is 0 Å². The Hall–Kier alpha value is -4.63. The van der Waals surface area contributed by atoms with Gasteiger partial charge in [-0.3, -0.25) is 0 Å². The summed E-state index contributed by atoms with van der Waals surface area (Å²) in [5.74, 6) is -0.332. The van der Waals surface area contributed by atoms with E-state index < -0.39 is 5.41 Å². The number of fused-ring (bicyclic) bond motifs is 9. The van der Waals surface area contributed by atoms with Crippen molar-refractivity contribution in [2.24, 2.45) is 0 Å². The highest BCUT2D eigenvalue weighted by atomic mass is 16.5. The average molecular weight is 536 g/mol. The van der Waals surface area contributed by atoms with Gasteiger partial charge in [0.25, 0.3) is 0 Å². The van der Waals surface area contributed by atoms with Crippen molar-refractivity contribution in [1.29, 1.82) is 0 Å². The molecule has 7 rings (SSSR count). The number of hydrogen-bond donors (Lipinski definition) is 0. The van der Waals surface area contributed by atoms with Crippen LogP contribution in [-0.4, -0.2) is 13.1 Å². The maximum atomic E-state index is 13.5. The summed E-state index contributed by atoms with van der Waals surface area (Å²) in [5.41, 5.74) is 12.6. The van der Waals surface area contributed by atoms with E-state index in [4.69, 9.17) is 4.74 Å². The number of esters is 1. The quantitative estimate of drug-likeness (QED) is 0.207. The molecular formula is C38H33NO2. The highest BCUT2D eigenvalue weighted by Crippen LogP contribution is 2.63. The normalized spacial score (nSPS) is 14.2. The molecule has 0 amide bonds. The molecule has 3 heteroatoms. The van der Waals surface area contributed by atoms with E-state index in [0.29, 0.717) is 5.56 Å². The number of benzene rings is 5. The van der Waals surface area contributed by atoms with E-state index in [1.54, 1.807) is 0 Å². The zero-order chi connectivity index (χ0) is 28.5. The monoisotopic (exact) mass is 535 g/mol. The van der Waals surface area contributed by atoms with E-state index in [2.05, 4.69) is 136 Å². The fraction of sp³-hybridized carbons (Fsp3) is 0.184. The maximum absolute atomic E-state index is 13.5. The van der Waals surface area contributed by atoms with Gasteiger partial charge in [0, 0.05) is 0 Å². The minimum Gasteiger partial charge on any atom is -0.465 e. The molecule has 1 spiro atoms. The third-order valence-corrected chi connectivity index (χ3v) is 8.85. The van der Waals surface area contributed by atoms with Crippen molar-refractivity contribution in [3.05, 3.63) is 148 Å². The molecule has 1 heterocycles. The topological polar surface area (TPSA) is 29.5 Å². The summed E-state index contributed by atoms with van der Waals surface area (Å²) in [6.45, 7) is 8.62. The minimum absolute atomic E-state index is 0.120. The predicted octanol–water partition coefficient (Wildman–Crippen LogP) is 9.23. The third-order valence-electron chi connectivity index (χ3n) is 8.85. The van der Waals surface area contributed by atoms with Crippen LogP contribution >= 0.6 is 0 Å². The van der Waals surface area contributed by atoms with Crippen molar-refractivity contribution in [2.45, 2.75) is 38.5 Å². The molecule has 2 aliphatic rings. The number of nitrogens with zero attached hydrogens (tertiary/aromatic N) is 1. The van der Waals surface area contributed by atoms with Crippen LogP contribution in [0.4, 0.5) is 17.1 Å². The number of ether oxygens (including phenoxy) is 1. The first kappa shape index (κ1) is 25.3. The summed E-state index contributed by atoms with van der Waals surface area (Å²) in [4.78, 5) is 15.7. The Morgan fingerprint density at radius 2 is 1.15 bits per heavy atom. The second-order valence-corrected chi connectivity index (χ2v) is 12.1. The number of hydrogen-bond acceptors (Lipinski definition) is 3. The Labute approximate surface area is 242 Å². The van der Waals surface area contributed by atoms with Gasteiger partial charge in [0.2, 0.25) is 0 Å². The van der Waals surface area contributed by atoms with Crippen LogP contribution in [0.1, 0.15) is 64.5 Å². The summed E-state index contributed by atoms with van der Waals surface area (Å²) in [6.07, 6.45) is 0. The van der Waals surface area contributed by atoms with Gasteiger partial charge in [-0.15, -0.1) is 0 Å². The standard InChI is InChI=1S/C38H33NO2/c1-24-22-25(37(2,3)4)23-28(36(40)41-5)35(24)39-33-20-12-10-18-31(33)38(32-19-11-13-21-34(32)39)29-16-8-6-14-26(29)27-15-7-9-17-30(27)38/h6-23H,1-5H3. The lowest BCUT2D eigenvalue weighted by Gasteiger charge is -2.45. The van der Waals surface area contributed by atoms with Gasteiger partial charge >= 0.3 is 5.97 Å². The fourth-order valence-corrected chi connectivity index (χ4v) is 7.08. The van der Waals surface area contributed by atoms with Crippen LogP contribution in [0.15, 0.2) is 109 Å². The van der Waals surface area contributed by atoms with Gasteiger partial charge in [-0.05, 0) is 75.0 Å². The summed E-state index contributed by atoms with van der Waals surface area (Å²) < 4.78 is 5.39. The average Bonchev–Trinajstić information content (AvgIpc) is 3.28. The van der Waals surface area contributed by atoms with Crippen LogP contribution in [-0.2, 0) is 15.6 Å². The van der Waals surface area contributed by atoms with Crippen LogP contribution < -0.4 is 4.90 Å². The number of para-hydroxylation sites is 2. The largest absolute Gasteiger partial charge is 0.465 e. The van der Waals surface area contributed by atoms with Crippen molar-refractivity contribution < 1.29 is 9.53 Å². The van der Waals surface area contributed by atoms with Crippen molar-refractivity contribution in [2.75, 3.05) is 12.0 Å². The fourth-order valence-electron chi connectivity index (χ4n) is 7.08. The van der Waals surface area contributed by atoms with E-state index in [1.807, 2.05) is 6.07 Å². The molecular weight excluding hydrogens is 502 g/mol. The van der Waals surface area contributed by atoms with E-state index in [9.17, 15) is 4.79 Å². The van der Waals surface area contributed by atoms with Gasteiger partial charge in [0.05, 0.1) is 35.2 Å². The number of aryl methyl sites for hydroxylation is 1. The molecule has 3 nitrogen and oxygen atoms in total. The molecule has 202 valence electrons. The minimum atomic E-state index is -0.485. The Kier molecular flexibility index (Phi) is 5.53. The van der Waals surface area contributed by atoms with Crippen LogP contribution in [0.2, 0.25) is 0 Å². The van der Waals surface area contributed by atoms with E-state index in [0.717, 1.165) is 28.2 Å². The first-order chi connectivity index (χ1) is 19.8. The van der Waals surface area contributed by atoms with Gasteiger partial charge in [0.1, 0.15) is 0 Å². The highest BCUT2D eigenvalue weighted by Gasteiger charge is 2.51. The molecule has 5 aromatic carbocycles. The second-order valence-electron chi connectivity index (χ2n) is 12.1. The summed E-state index contributed by atoms with van der Waals surface area (Å²) in [6, 6.07) is 39.2. The molecule has 1 aliphatic carbocycles. The predicted molar refractivity (Wildman–Crippen MR) is 167 cm³/mol. The Balaban J connectivity index is 1.61.